The second-order valence-corrected chi connectivity index (χ2v) is 5.49. The van der Waals surface area contributed by atoms with Gasteiger partial charge < -0.3 is 35.5 Å². The molecule has 9 nitrogen and oxygen atoms in total. The number of aliphatic hydroxyl groups is 1. The third kappa shape index (κ3) is 3.25. The minimum atomic E-state index is -1.46. The van der Waals surface area contributed by atoms with Crippen LogP contribution in [0.25, 0.3) is 0 Å². The summed E-state index contributed by atoms with van der Waals surface area (Å²) in [5.74, 6) is -1.14. The zero-order valence-electron chi connectivity index (χ0n) is 12.6. The van der Waals surface area contributed by atoms with Crippen molar-refractivity contribution in [1.82, 2.24) is 4.90 Å². The van der Waals surface area contributed by atoms with E-state index in [4.69, 9.17) is 30.6 Å². The lowest BCUT2D eigenvalue weighted by Gasteiger charge is -2.31. The van der Waals surface area contributed by atoms with Crippen LogP contribution in [-0.4, -0.2) is 79.6 Å². The van der Waals surface area contributed by atoms with Crippen LogP contribution in [0.3, 0.4) is 0 Å². The Balaban J connectivity index is 2.12. The third-order valence-corrected chi connectivity index (χ3v) is 3.88. The number of hydrogen-bond acceptors (Lipinski definition) is 8. The highest BCUT2D eigenvalue weighted by molar-refractivity contribution is 6.47. The topological polar surface area (TPSA) is 137 Å². The van der Waals surface area contributed by atoms with E-state index in [1.807, 2.05) is 0 Å². The van der Waals surface area contributed by atoms with E-state index in [1.165, 1.54) is 4.90 Å². The molecular formula is C12H22BN3O6. The van der Waals surface area contributed by atoms with Crippen molar-refractivity contribution in [2.45, 2.75) is 30.9 Å². The Bertz CT molecular complexity index is 439. The van der Waals surface area contributed by atoms with Crippen LogP contribution >= 0.6 is 0 Å². The molecule has 2 rings (SSSR count). The highest BCUT2D eigenvalue weighted by Crippen LogP contribution is 2.27. The van der Waals surface area contributed by atoms with Gasteiger partial charge in [0.2, 0.25) is 5.91 Å². The van der Waals surface area contributed by atoms with Gasteiger partial charge in [0, 0.05) is 26.1 Å². The van der Waals surface area contributed by atoms with Gasteiger partial charge in [0.1, 0.15) is 12.1 Å². The summed E-state index contributed by atoms with van der Waals surface area (Å²) >= 11 is 0. The van der Waals surface area contributed by atoms with Crippen LogP contribution in [0.1, 0.15) is 6.92 Å². The zero-order chi connectivity index (χ0) is 16.3. The SMILES string of the molecule is CCOB1CCOC2CN(C(=O)C(N)CO)CC2(N)C(=O)O1. The number of carbonyl (C=O) groups is 2. The second-order valence-electron chi connectivity index (χ2n) is 5.49. The predicted octanol–water partition coefficient (Wildman–Crippen LogP) is -2.69. The smallest absolute Gasteiger partial charge is 0.508 e. The van der Waals surface area contributed by atoms with Gasteiger partial charge in [0.15, 0.2) is 5.54 Å². The number of hydrogen-bond donors (Lipinski definition) is 3. The number of rotatable bonds is 4. The Kier molecular flexibility index (Phi) is 5.40. The number of ether oxygens (including phenoxy) is 1. The molecule has 2 fully saturated rings. The molecular weight excluding hydrogens is 293 g/mol. The largest absolute Gasteiger partial charge is 0.529 e. The Morgan fingerprint density at radius 2 is 2.41 bits per heavy atom. The quantitative estimate of drug-likeness (QED) is 0.477. The first-order chi connectivity index (χ1) is 10.4. The second kappa shape index (κ2) is 6.92. The van der Waals surface area contributed by atoms with E-state index < -0.39 is 43.3 Å². The first-order valence-electron chi connectivity index (χ1n) is 7.30. The number of amides is 1. The van der Waals surface area contributed by atoms with Crippen LogP contribution in [-0.2, 0) is 23.6 Å². The molecule has 3 unspecified atom stereocenters. The molecule has 3 atom stereocenters. The van der Waals surface area contributed by atoms with E-state index in [-0.39, 0.29) is 13.1 Å². The first-order valence-corrected chi connectivity index (χ1v) is 7.30. The van der Waals surface area contributed by atoms with E-state index in [2.05, 4.69) is 0 Å². The minimum Gasteiger partial charge on any atom is -0.508 e. The normalized spacial score (nSPS) is 30.4. The van der Waals surface area contributed by atoms with Crippen molar-refractivity contribution in [2.24, 2.45) is 11.5 Å². The van der Waals surface area contributed by atoms with E-state index in [0.717, 1.165) is 0 Å². The summed E-state index contributed by atoms with van der Waals surface area (Å²) in [4.78, 5) is 25.7. The van der Waals surface area contributed by atoms with Crippen molar-refractivity contribution in [3.63, 3.8) is 0 Å². The van der Waals surface area contributed by atoms with Gasteiger partial charge in [-0.15, -0.1) is 0 Å². The molecule has 124 valence electrons. The van der Waals surface area contributed by atoms with Crippen LogP contribution < -0.4 is 11.5 Å². The van der Waals surface area contributed by atoms with E-state index in [0.29, 0.717) is 19.5 Å². The molecule has 0 radical (unpaired) electrons. The van der Waals surface area contributed by atoms with Gasteiger partial charge in [-0.2, -0.15) is 0 Å². The lowest BCUT2D eigenvalue weighted by molar-refractivity contribution is -0.147. The number of fused-ring (bicyclic) bond motifs is 1. The first kappa shape index (κ1) is 17.2. The lowest BCUT2D eigenvalue weighted by atomic mass is 9.83. The highest BCUT2D eigenvalue weighted by atomic mass is 16.6. The Labute approximate surface area is 129 Å². The fourth-order valence-corrected chi connectivity index (χ4v) is 2.62. The summed E-state index contributed by atoms with van der Waals surface area (Å²) in [6.07, 6.45) is -0.270. The average Bonchev–Trinajstić information content (AvgIpc) is 2.82. The summed E-state index contributed by atoms with van der Waals surface area (Å²) in [6.45, 7) is 2.08. The molecule has 0 bridgehead atoms. The summed E-state index contributed by atoms with van der Waals surface area (Å²) in [6, 6.07) is -1.04. The Morgan fingerprint density at radius 1 is 1.68 bits per heavy atom. The number of nitrogens with zero attached hydrogens (tertiary/aromatic N) is 1. The molecule has 2 heterocycles. The van der Waals surface area contributed by atoms with E-state index in [1.54, 1.807) is 6.92 Å². The van der Waals surface area contributed by atoms with Gasteiger partial charge in [0.05, 0.1) is 13.2 Å². The van der Waals surface area contributed by atoms with Crippen molar-refractivity contribution >= 4 is 19.0 Å². The predicted molar refractivity (Wildman–Crippen MR) is 76.6 cm³/mol. The number of likely N-dealkylation sites (tertiary alicyclic amines) is 1. The molecule has 0 spiro atoms. The Morgan fingerprint density at radius 3 is 3.05 bits per heavy atom. The van der Waals surface area contributed by atoms with Gasteiger partial charge >= 0.3 is 13.1 Å². The van der Waals surface area contributed by atoms with Crippen molar-refractivity contribution in [1.29, 1.82) is 0 Å². The highest BCUT2D eigenvalue weighted by Gasteiger charge is 2.54. The molecule has 0 aromatic heterocycles. The molecule has 5 N–H and O–H groups in total. The third-order valence-electron chi connectivity index (χ3n) is 3.88. The van der Waals surface area contributed by atoms with Gasteiger partial charge in [0.25, 0.3) is 0 Å². The molecule has 0 aromatic rings. The van der Waals surface area contributed by atoms with E-state index >= 15 is 0 Å². The van der Waals surface area contributed by atoms with Gasteiger partial charge in [-0.25, -0.2) is 0 Å². The molecule has 2 aliphatic rings. The fraction of sp³-hybridized carbons (Fsp3) is 0.833. The van der Waals surface area contributed by atoms with Crippen molar-refractivity contribution in [3.8, 4) is 0 Å². The fourth-order valence-electron chi connectivity index (χ4n) is 2.62. The molecule has 0 aromatic carbocycles. The van der Waals surface area contributed by atoms with Gasteiger partial charge in [-0.05, 0) is 6.92 Å². The minimum absolute atomic E-state index is 0.0676. The summed E-state index contributed by atoms with van der Waals surface area (Å²) in [7, 11) is -0.705. The van der Waals surface area contributed by atoms with Crippen LogP contribution in [0, 0.1) is 0 Å². The van der Waals surface area contributed by atoms with Crippen molar-refractivity contribution in [3.05, 3.63) is 0 Å². The van der Waals surface area contributed by atoms with Gasteiger partial charge in [-0.1, -0.05) is 0 Å². The van der Waals surface area contributed by atoms with Crippen LogP contribution in [0.4, 0.5) is 0 Å². The summed E-state index contributed by atoms with van der Waals surface area (Å²) in [5.41, 5.74) is 10.2. The van der Waals surface area contributed by atoms with Crippen LogP contribution in [0.5, 0.6) is 0 Å². The molecule has 0 saturated carbocycles. The molecule has 1 amide bonds. The number of carbonyl (C=O) groups excluding carboxylic acids is 2. The number of aliphatic hydroxyl groups excluding tert-OH is 1. The van der Waals surface area contributed by atoms with Crippen molar-refractivity contribution in [2.75, 3.05) is 32.9 Å². The summed E-state index contributed by atoms with van der Waals surface area (Å²) < 4.78 is 16.2. The summed E-state index contributed by atoms with van der Waals surface area (Å²) in [5, 5.41) is 8.98. The monoisotopic (exact) mass is 315 g/mol. The standard InChI is InChI=1S/C12H22BN3O6/c1-2-21-13-3-4-20-9-5-16(10(18)8(14)6-17)7-12(9,15)11(19)22-13/h8-9,17H,2-7,14-15H2,1H3. The zero-order valence-corrected chi connectivity index (χ0v) is 12.6. The van der Waals surface area contributed by atoms with Crippen LogP contribution in [0.15, 0.2) is 0 Å². The van der Waals surface area contributed by atoms with E-state index in [9.17, 15) is 9.59 Å². The van der Waals surface area contributed by atoms with Crippen molar-refractivity contribution < 1.29 is 28.7 Å². The van der Waals surface area contributed by atoms with Gasteiger partial charge in [-0.3, -0.25) is 9.59 Å². The molecule has 22 heavy (non-hydrogen) atoms. The van der Waals surface area contributed by atoms with Crippen LogP contribution in [0.2, 0.25) is 6.32 Å². The average molecular weight is 315 g/mol. The molecule has 0 aliphatic carbocycles. The maximum Gasteiger partial charge on any atom is 0.529 e. The maximum absolute atomic E-state index is 12.3. The molecule has 2 aliphatic heterocycles. The lowest BCUT2D eigenvalue weighted by Crippen LogP contribution is -2.61. The number of nitrogens with two attached hydrogens (primary N) is 2. The molecule has 2 saturated heterocycles. The molecule has 10 heteroatoms. The maximum atomic E-state index is 12.3. The Hall–Kier alpha value is -1.20.